The lowest BCUT2D eigenvalue weighted by Crippen LogP contribution is -2.48. The topological polar surface area (TPSA) is 70.6 Å². The lowest BCUT2D eigenvalue weighted by molar-refractivity contribution is 0.0830. The standard InChI is InChI=1S/C25H26Cl2N2O3/c1-32-22-9-5-8-18(10-22)15-28-16-24(30)23(11-17-6-3-2-4-7-17)29-25(31)19-12-20(26)14-21(27)13-19/h2-10,12-14,23-24,28,30H,11,15-16H2,1H3,(H,29,31)/t23-,24+/m0/s1. The molecule has 2 atom stereocenters. The molecule has 0 fully saturated rings. The lowest BCUT2D eigenvalue weighted by Gasteiger charge is -2.25. The van der Waals surface area contributed by atoms with Crippen molar-refractivity contribution >= 4 is 29.1 Å². The molecule has 7 heteroatoms. The largest absolute Gasteiger partial charge is 0.497 e. The number of ether oxygens (including phenoxy) is 1. The number of aliphatic hydroxyl groups is 1. The van der Waals surface area contributed by atoms with E-state index < -0.39 is 12.1 Å². The van der Waals surface area contributed by atoms with Crippen molar-refractivity contribution in [2.45, 2.75) is 25.1 Å². The Labute approximate surface area is 198 Å². The number of carbonyl (C=O) groups excluding carboxylic acids is 1. The van der Waals surface area contributed by atoms with Gasteiger partial charge in [0.15, 0.2) is 0 Å². The minimum atomic E-state index is -0.820. The van der Waals surface area contributed by atoms with E-state index in [0.29, 0.717) is 35.1 Å². The molecule has 0 unspecified atom stereocenters. The number of rotatable bonds is 10. The maximum Gasteiger partial charge on any atom is 0.251 e. The van der Waals surface area contributed by atoms with E-state index in [1.54, 1.807) is 25.3 Å². The van der Waals surface area contributed by atoms with Crippen LogP contribution in [-0.2, 0) is 13.0 Å². The van der Waals surface area contributed by atoms with E-state index in [-0.39, 0.29) is 5.91 Å². The van der Waals surface area contributed by atoms with Crippen molar-refractivity contribution in [3.05, 3.63) is 99.5 Å². The maximum atomic E-state index is 12.8. The molecule has 3 aromatic carbocycles. The van der Waals surface area contributed by atoms with E-state index in [0.717, 1.165) is 16.9 Å². The average Bonchev–Trinajstić information content (AvgIpc) is 2.78. The third kappa shape index (κ3) is 7.24. The fraction of sp³-hybridized carbons (Fsp3) is 0.240. The number of carbonyl (C=O) groups is 1. The number of halogens is 2. The number of amides is 1. The van der Waals surface area contributed by atoms with Crippen molar-refractivity contribution in [3.63, 3.8) is 0 Å². The first-order valence-electron chi connectivity index (χ1n) is 10.3. The van der Waals surface area contributed by atoms with Gasteiger partial charge in [0.1, 0.15) is 5.75 Å². The summed E-state index contributed by atoms with van der Waals surface area (Å²) in [5.74, 6) is 0.432. The van der Waals surface area contributed by atoms with Gasteiger partial charge in [-0.05, 0) is 47.9 Å². The Balaban J connectivity index is 1.67. The molecule has 0 aliphatic rings. The van der Waals surface area contributed by atoms with Crippen LogP contribution in [0.3, 0.4) is 0 Å². The van der Waals surface area contributed by atoms with Crippen LogP contribution in [0.4, 0.5) is 0 Å². The molecule has 0 saturated heterocycles. The van der Waals surface area contributed by atoms with Gasteiger partial charge in [-0.1, -0.05) is 65.7 Å². The Bertz CT molecular complexity index is 1010. The van der Waals surface area contributed by atoms with E-state index in [1.807, 2.05) is 54.6 Å². The predicted octanol–water partition coefficient (Wildman–Crippen LogP) is 4.49. The van der Waals surface area contributed by atoms with Crippen LogP contribution in [0, 0.1) is 0 Å². The van der Waals surface area contributed by atoms with Crippen LogP contribution in [0.1, 0.15) is 21.5 Å². The fourth-order valence-corrected chi connectivity index (χ4v) is 3.90. The van der Waals surface area contributed by atoms with Crippen molar-refractivity contribution in [2.24, 2.45) is 0 Å². The number of nitrogens with one attached hydrogen (secondary N) is 2. The summed E-state index contributed by atoms with van der Waals surface area (Å²) in [4.78, 5) is 12.8. The summed E-state index contributed by atoms with van der Waals surface area (Å²) < 4.78 is 5.25. The molecule has 0 spiro atoms. The Kier molecular flexibility index (Phi) is 8.94. The Morgan fingerprint density at radius 1 is 0.969 bits per heavy atom. The van der Waals surface area contributed by atoms with Gasteiger partial charge >= 0.3 is 0 Å². The summed E-state index contributed by atoms with van der Waals surface area (Å²) in [6.07, 6.45) is -0.345. The lowest BCUT2D eigenvalue weighted by atomic mass is 10.0. The molecule has 0 radical (unpaired) electrons. The van der Waals surface area contributed by atoms with Crippen LogP contribution in [0.15, 0.2) is 72.8 Å². The molecule has 0 saturated carbocycles. The van der Waals surface area contributed by atoms with Crippen LogP contribution in [-0.4, -0.2) is 36.8 Å². The molecule has 3 aromatic rings. The second-order valence-electron chi connectivity index (χ2n) is 7.48. The molecule has 0 aliphatic heterocycles. The predicted molar refractivity (Wildman–Crippen MR) is 129 cm³/mol. The van der Waals surface area contributed by atoms with Crippen molar-refractivity contribution < 1.29 is 14.6 Å². The molecule has 0 aliphatic carbocycles. The van der Waals surface area contributed by atoms with Gasteiger partial charge in [-0.3, -0.25) is 4.79 Å². The number of benzene rings is 3. The van der Waals surface area contributed by atoms with Crippen LogP contribution >= 0.6 is 23.2 Å². The zero-order valence-corrected chi connectivity index (χ0v) is 19.2. The summed E-state index contributed by atoms with van der Waals surface area (Å²) >= 11 is 12.1. The van der Waals surface area contributed by atoms with E-state index in [9.17, 15) is 9.90 Å². The number of aliphatic hydroxyl groups excluding tert-OH is 1. The average molecular weight is 473 g/mol. The summed E-state index contributed by atoms with van der Waals surface area (Å²) in [6.45, 7) is 0.857. The van der Waals surface area contributed by atoms with Crippen LogP contribution in [0.5, 0.6) is 5.75 Å². The Hall–Kier alpha value is -2.57. The van der Waals surface area contributed by atoms with E-state index >= 15 is 0 Å². The first-order chi connectivity index (χ1) is 15.4. The van der Waals surface area contributed by atoms with Gasteiger partial charge < -0.3 is 20.5 Å². The molecule has 0 aromatic heterocycles. The normalized spacial score (nSPS) is 12.8. The third-order valence-electron chi connectivity index (χ3n) is 5.02. The molecular formula is C25H26Cl2N2O3. The van der Waals surface area contributed by atoms with Gasteiger partial charge in [0.25, 0.3) is 5.91 Å². The molecule has 0 heterocycles. The van der Waals surface area contributed by atoms with Gasteiger partial charge in [0, 0.05) is 28.7 Å². The van der Waals surface area contributed by atoms with Crippen LogP contribution in [0.2, 0.25) is 10.0 Å². The van der Waals surface area contributed by atoms with Crippen molar-refractivity contribution in [2.75, 3.05) is 13.7 Å². The summed E-state index contributed by atoms with van der Waals surface area (Å²) in [5, 5.41) is 17.8. The molecule has 1 amide bonds. The number of hydrogen-bond donors (Lipinski definition) is 3. The van der Waals surface area contributed by atoms with Gasteiger partial charge in [-0.25, -0.2) is 0 Å². The summed E-state index contributed by atoms with van der Waals surface area (Å²) in [7, 11) is 1.63. The molecule has 32 heavy (non-hydrogen) atoms. The molecule has 5 nitrogen and oxygen atoms in total. The minimum Gasteiger partial charge on any atom is -0.497 e. The highest BCUT2D eigenvalue weighted by Gasteiger charge is 2.22. The van der Waals surface area contributed by atoms with Crippen molar-refractivity contribution in [1.29, 1.82) is 0 Å². The Morgan fingerprint density at radius 2 is 1.66 bits per heavy atom. The number of hydrogen-bond acceptors (Lipinski definition) is 4. The second kappa shape index (κ2) is 11.9. The van der Waals surface area contributed by atoms with Crippen LogP contribution in [0.25, 0.3) is 0 Å². The molecule has 3 rings (SSSR count). The number of methoxy groups -OCH3 is 1. The monoisotopic (exact) mass is 472 g/mol. The molecule has 3 N–H and O–H groups in total. The molecule has 168 valence electrons. The maximum absolute atomic E-state index is 12.8. The SMILES string of the molecule is COc1cccc(CNC[C@@H](O)[C@H](Cc2ccccc2)NC(=O)c2cc(Cl)cc(Cl)c2)c1. The van der Waals surface area contributed by atoms with Crippen molar-refractivity contribution in [1.82, 2.24) is 10.6 Å². The van der Waals surface area contributed by atoms with E-state index in [1.165, 1.54) is 0 Å². The van der Waals surface area contributed by atoms with Crippen LogP contribution < -0.4 is 15.4 Å². The van der Waals surface area contributed by atoms with E-state index in [2.05, 4.69) is 10.6 Å². The third-order valence-corrected chi connectivity index (χ3v) is 5.46. The smallest absolute Gasteiger partial charge is 0.251 e. The van der Waals surface area contributed by atoms with Gasteiger partial charge in [-0.15, -0.1) is 0 Å². The summed E-state index contributed by atoms with van der Waals surface area (Å²) in [5.41, 5.74) is 2.39. The van der Waals surface area contributed by atoms with Gasteiger partial charge in [0.2, 0.25) is 0 Å². The molecular weight excluding hydrogens is 447 g/mol. The zero-order chi connectivity index (χ0) is 22.9. The van der Waals surface area contributed by atoms with E-state index in [4.69, 9.17) is 27.9 Å². The fourth-order valence-electron chi connectivity index (χ4n) is 3.38. The van der Waals surface area contributed by atoms with Crippen molar-refractivity contribution in [3.8, 4) is 5.75 Å². The minimum absolute atomic E-state index is 0.297. The molecule has 0 bridgehead atoms. The van der Waals surface area contributed by atoms with Gasteiger partial charge in [0.05, 0.1) is 19.3 Å². The Morgan fingerprint density at radius 3 is 2.34 bits per heavy atom. The summed E-state index contributed by atoms with van der Waals surface area (Å²) in [6, 6.07) is 21.6. The highest BCUT2D eigenvalue weighted by atomic mass is 35.5. The first kappa shape index (κ1) is 24.1. The first-order valence-corrected chi connectivity index (χ1v) is 11.0. The zero-order valence-electron chi connectivity index (χ0n) is 17.7. The highest BCUT2D eigenvalue weighted by molar-refractivity contribution is 6.35. The highest BCUT2D eigenvalue weighted by Crippen LogP contribution is 2.19. The van der Waals surface area contributed by atoms with Gasteiger partial charge in [-0.2, -0.15) is 0 Å². The second-order valence-corrected chi connectivity index (χ2v) is 8.35. The quantitative estimate of drug-likeness (QED) is 0.406.